The van der Waals surface area contributed by atoms with Crippen molar-refractivity contribution in [1.82, 2.24) is 0 Å². The Morgan fingerprint density at radius 1 is 0.390 bits per heavy atom. The lowest BCUT2D eigenvalue weighted by atomic mass is 9.86. The predicted molar refractivity (Wildman–Crippen MR) is 190 cm³/mol. The monoisotopic (exact) mass is 554 g/mol. The van der Waals surface area contributed by atoms with Crippen LogP contribution in [0.3, 0.4) is 0 Å². The van der Waals surface area contributed by atoms with E-state index in [-0.39, 0.29) is 0 Å². The molecule has 0 radical (unpaired) electrons. The molecule has 0 spiro atoms. The molecule has 5 aromatic rings. The van der Waals surface area contributed by atoms with Crippen molar-refractivity contribution in [2.75, 3.05) is 0 Å². The van der Waals surface area contributed by atoms with Crippen molar-refractivity contribution in [3.05, 3.63) is 120 Å². The molecular formula is C40H58O. The molecule has 224 valence electrons. The van der Waals surface area contributed by atoms with E-state index in [1.54, 1.807) is 0 Å². The summed E-state index contributed by atoms with van der Waals surface area (Å²) in [6.45, 7) is 26.3. The van der Waals surface area contributed by atoms with Gasteiger partial charge in [0.2, 0.25) is 0 Å². The van der Waals surface area contributed by atoms with Gasteiger partial charge in [-0.2, -0.15) is 0 Å². The van der Waals surface area contributed by atoms with Gasteiger partial charge in [0.15, 0.2) is 0 Å². The van der Waals surface area contributed by atoms with Crippen LogP contribution in [0.5, 0.6) is 11.5 Å². The van der Waals surface area contributed by atoms with Gasteiger partial charge in [0, 0.05) is 17.0 Å². The van der Waals surface area contributed by atoms with Gasteiger partial charge in [-0.15, -0.1) is 0 Å². The Labute approximate surface area is 253 Å². The SMILES string of the molecule is CC.CC.CC.CC.CC.CC.CC1c2ccccc2Oc2ccc3ccccc3c21.c1ccc2ccccc2c1. The second-order valence-electron chi connectivity index (χ2n) is 7.41. The first-order valence-electron chi connectivity index (χ1n) is 16.0. The van der Waals surface area contributed by atoms with Crippen molar-refractivity contribution in [3.8, 4) is 11.5 Å². The summed E-state index contributed by atoms with van der Waals surface area (Å²) in [5.74, 6) is 2.34. The number of benzene rings is 5. The molecule has 0 saturated heterocycles. The summed E-state index contributed by atoms with van der Waals surface area (Å²) < 4.78 is 6.06. The van der Waals surface area contributed by atoms with E-state index < -0.39 is 0 Å². The van der Waals surface area contributed by atoms with E-state index in [2.05, 4.69) is 104 Å². The van der Waals surface area contributed by atoms with Crippen LogP contribution in [0.1, 0.15) is 107 Å². The zero-order valence-electron chi connectivity index (χ0n) is 28.4. The minimum Gasteiger partial charge on any atom is -0.457 e. The van der Waals surface area contributed by atoms with Gasteiger partial charge in [-0.05, 0) is 33.7 Å². The van der Waals surface area contributed by atoms with E-state index in [0.29, 0.717) is 5.92 Å². The first-order chi connectivity index (χ1) is 20.3. The summed E-state index contributed by atoms with van der Waals surface area (Å²) in [7, 11) is 0. The molecule has 1 nitrogen and oxygen atoms in total. The lowest BCUT2D eigenvalue weighted by Crippen LogP contribution is -2.07. The van der Waals surface area contributed by atoms with Gasteiger partial charge in [-0.1, -0.05) is 187 Å². The van der Waals surface area contributed by atoms with Gasteiger partial charge in [0.05, 0.1) is 0 Å². The maximum Gasteiger partial charge on any atom is 0.131 e. The van der Waals surface area contributed by atoms with E-state index in [1.165, 1.54) is 32.7 Å². The molecule has 1 aliphatic rings. The summed E-state index contributed by atoms with van der Waals surface area (Å²) in [6.07, 6.45) is 0. The van der Waals surface area contributed by atoms with E-state index in [1.807, 2.05) is 95.2 Å². The van der Waals surface area contributed by atoms with Gasteiger partial charge in [-0.25, -0.2) is 0 Å². The van der Waals surface area contributed by atoms with Crippen molar-refractivity contribution in [2.24, 2.45) is 0 Å². The van der Waals surface area contributed by atoms with Crippen molar-refractivity contribution in [1.29, 1.82) is 0 Å². The second-order valence-corrected chi connectivity index (χ2v) is 7.41. The average molecular weight is 555 g/mol. The highest BCUT2D eigenvalue weighted by atomic mass is 16.5. The summed E-state index contributed by atoms with van der Waals surface area (Å²) in [4.78, 5) is 0. The molecule has 1 atom stereocenters. The Morgan fingerprint density at radius 2 is 0.780 bits per heavy atom. The quantitative estimate of drug-likeness (QED) is 0.185. The largest absolute Gasteiger partial charge is 0.457 e. The number of para-hydroxylation sites is 1. The summed E-state index contributed by atoms with van der Waals surface area (Å²) in [5, 5.41) is 5.19. The Balaban J connectivity index is 0. The van der Waals surface area contributed by atoms with Crippen LogP contribution in [-0.2, 0) is 0 Å². The van der Waals surface area contributed by atoms with Gasteiger partial charge in [-0.3, -0.25) is 0 Å². The molecule has 0 saturated carbocycles. The predicted octanol–water partition coefficient (Wildman–Crippen LogP) is 14.1. The minimum atomic E-state index is 0.367. The lowest BCUT2D eigenvalue weighted by Gasteiger charge is -2.27. The highest BCUT2D eigenvalue weighted by molar-refractivity contribution is 5.89. The molecule has 1 heterocycles. The molecule has 41 heavy (non-hydrogen) atoms. The van der Waals surface area contributed by atoms with Crippen molar-refractivity contribution in [3.63, 3.8) is 0 Å². The molecule has 0 fully saturated rings. The Hall–Kier alpha value is -3.58. The maximum absolute atomic E-state index is 6.06. The molecular weight excluding hydrogens is 496 g/mol. The van der Waals surface area contributed by atoms with Crippen molar-refractivity contribution >= 4 is 21.5 Å². The molecule has 0 N–H and O–H groups in total. The zero-order valence-corrected chi connectivity index (χ0v) is 28.4. The van der Waals surface area contributed by atoms with Gasteiger partial charge >= 0.3 is 0 Å². The highest BCUT2D eigenvalue weighted by Gasteiger charge is 2.25. The van der Waals surface area contributed by atoms with Crippen LogP contribution in [0.2, 0.25) is 0 Å². The van der Waals surface area contributed by atoms with Gasteiger partial charge in [0.25, 0.3) is 0 Å². The molecule has 5 aromatic carbocycles. The summed E-state index contributed by atoms with van der Waals surface area (Å²) in [5.41, 5.74) is 2.57. The van der Waals surface area contributed by atoms with Crippen LogP contribution in [0.4, 0.5) is 0 Å². The van der Waals surface area contributed by atoms with E-state index >= 15 is 0 Å². The Kier molecular flexibility index (Phi) is 24.5. The molecule has 1 unspecified atom stereocenters. The topological polar surface area (TPSA) is 9.23 Å². The fourth-order valence-electron chi connectivity index (χ4n) is 4.15. The van der Waals surface area contributed by atoms with Crippen LogP contribution >= 0.6 is 0 Å². The molecule has 6 rings (SSSR count). The highest BCUT2D eigenvalue weighted by Crippen LogP contribution is 2.46. The third-order valence-corrected chi connectivity index (χ3v) is 5.63. The van der Waals surface area contributed by atoms with Crippen LogP contribution < -0.4 is 4.74 Å². The van der Waals surface area contributed by atoms with Crippen LogP contribution in [0.15, 0.2) is 109 Å². The number of fused-ring (bicyclic) bond motifs is 5. The zero-order chi connectivity index (χ0) is 31.6. The third-order valence-electron chi connectivity index (χ3n) is 5.63. The third kappa shape index (κ3) is 11.4. The molecule has 1 aliphatic heterocycles. The first-order valence-corrected chi connectivity index (χ1v) is 16.0. The number of ether oxygens (including phenoxy) is 1. The van der Waals surface area contributed by atoms with E-state index in [4.69, 9.17) is 4.74 Å². The average Bonchev–Trinajstić information content (AvgIpc) is 3.10. The van der Waals surface area contributed by atoms with Crippen molar-refractivity contribution < 1.29 is 4.74 Å². The fourth-order valence-corrected chi connectivity index (χ4v) is 4.15. The number of hydrogen-bond donors (Lipinski definition) is 0. The molecule has 0 aromatic heterocycles. The minimum absolute atomic E-state index is 0.367. The standard InChI is InChI=1S/C18H14O.C10H8.6C2H6/c1-12-14-7-4-5-9-16(14)19-17-11-10-13-6-2-3-8-15(13)18(12)17;1-2-6-10-8-4-3-7-9(10)5-1;6*1-2/h2-12H,1H3;1-8H;6*1-2H3. The van der Waals surface area contributed by atoms with Gasteiger partial charge in [0.1, 0.15) is 11.5 Å². The number of rotatable bonds is 0. The van der Waals surface area contributed by atoms with Crippen LogP contribution in [0.25, 0.3) is 21.5 Å². The number of hydrogen-bond acceptors (Lipinski definition) is 1. The molecule has 0 amide bonds. The Morgan fingerprint density at radius 3 is 1.27 bits per heavy atom. The molecule has 1 heteroatoms. The van der Waals surface area contributed by atoms with Crippen LogP contribution in [0, 0.1) is 0 Å². The van der Waals surface area contributed by atoms with Crippen molar-refractivity contribution in [2.45, 2.75) is 95.9 Å². The van der Waals surface area contributed by atoms with Gasteiger partial charge < -0.3 is 4.74 Å². The fraction of sp³-hybridized carbons (Fsp3) is 0.350. The summed E-state index contributed by atoms with van der Waals surface area (Å²) >= 11 is 0. The molecule has 0 aliphatic carbocycles. The Bertz CT molecular complexity index is 1240. The van der Waals surface area contributed by atoms with Crippen LogP contribution in [-0.4, -0.2) is 0 Å². The normalized spacial score (nSPS) is 11.0. The smallest absolute Gasteiger partial charge is 0.131 e. The maximum atomic E-state index is 6.06. The summed E-state index contributed by atoms with van der Waals surface area (Å²) in [6, 6.07) is 37.8. The lowest BCUT2D eigenvalue weighted by molar-refractivity contribution is 0.451. The van der Waals surface area contributed by atoms with E-state index in [0.717, 1.165) is 11.5 Å². The van der Waals surface area contributed by atoms with E-state index in [9.17, 15) is 0 Å². The second kappa shape index (κ2) is 25.4. The first kappa shape index (κ1) is 39.6. The molecule has 0 bridgehead atoms.